The van der Waals surface area contributed by atoms with Crippen LogP contribution in [-0.4, -0.2) is 32.7 Å². The fraction of sp³-hybridized carbons (Fsp3) is 0.435. The van der Waals surface area contributed by atoms with Crippen molar-refractivity contribution in [2.75, 3.05) is 10.6 Å². The summed E-state index contributed by atoms with van der Waals surface area (Å²) in [7, 11) is -3.66. The topological polar surface area (TPSA) is 75.7 Å². The molecule has 2 rings (SSSR count). The van der Waals surface area contributed by atoms with E-state index in [-0.39, 0.29) is 18.6 Å². The van der Waals surface area contributed by atoms with Gasteiger partial charge in [0.2, 0.25) is 15.9 Å². The lowest BCUT2D eigenvalue weighted by Gasteiger charge is -2.31. The third kappa shape index (κ3) is 6.23. The van der Waals surface area contributed by atoms with Crippen LogP contribution in [0.3, 0.4) is 0 Å². The third-order valence-electron chi connectivity index (χ3n) is 4.67. The highest BCUT2D eigenvalue weighted by Crippen LogP contribution is 2.27. The van der Waals surface area contributed by atoms with E-state index < -0.39 is 16.1 Å². The van der Waals surface area contributed by atoms with Gasteiger partial charge < -0.3 is 10.1 Å². The van der Waals surface area contributed by atoms with Crippen LogP contribution in [-0.2, 0) is 21.4 Å². The molecule has 0 heterocycles. The van der Waals surface area contributed by atoms with Gasteiger partial charge in [-0.15, -0.1) is 0 Å². The maximum atomic E-state index is 13.0. The lowest BCUT2D eigenvalue weighted by molar-refractivity contribution is -0.122. The Balaban J connectivity index is 2.25. The third-order valence-corrected chi connectivity index (χ3v) is 5.83. The molecule has 0 bridgehead atoms. The SMILES string of the molecule is CC[C@H](C(=O)NCc1cccc(OC(C)C)c1)N(c1cc(C)ccc1C)S(C)(=O)=O. The molecule has 0 radical (unpaired) electrons. The molecule has 0 spiro atoms. The molecule has 0 aliphatic rings. The maximum Gasteiger partial charge on any atom is 0.244 e. The Kier molecular flexibility index (Phi) is 7.89. The molecule has 0 saturated carbocycles. The van der Waals surface area contributed by atoms with Gasteiger partial charge in [0, 0.05) is 6.54 Å². The first-order chi connectivity index (χ1) is 14.0. The predicted molar refractivity (Wildman–Crippen MR) is 121 cm³/mol. The smallest absolute Gasteiger partial charge is 0.244 e. The molecular formula is C23H32N2O4S. The Bertz CT molecular complexity index is 986. The number of hydrogen-bond donors (Lipinski definition) is 1. The second-order valence-electron chi connectivity index (χ2n) is 7.80. The summed E-state index contributed by atoms with van der Waals surface area (Å²) < 4.78 is 32.2. The average molecular weight is 433 g/mol. The van der Waals surface area contributed by atoms with Gasteiger partial charge in [-0.05, 0) is 69.0 Å². The Hall–Kier alpha value is -2.54. The van der Waals surface area contributed by atoms with Crippen molar-refractivity contribution in [3.63, 3.8) is 0 Å². The Morgan fingerprint density at radius 1 is 1.13 bits per heavy atom. The molecule has 1 amide bonds. The van der Waals surface area contributed by atoms with Crippen LogP contribution in [0.15, 0.2) is 42.5 Å². The number of carbonyl (C=O) groups excluding carboxylic acids is 1. The van der Waals surface area contributed by atoms with Gasteiger partial charge in [0.25, 0.3) is 0 Å². The highest BCUT2D eigenvalue weighted by atomic mass is 32.2. The Morgan fingerprint density at radius 2 is 1.83 bits per heavy atom. The quantitative estimate of drug-likeness (QED) is 0.651. The molecule has 2 aromatic rings. The van der Waals surface area contributed by atoms with E-state index in [2.05, 4.69) is 5.32 Å². The second-order valence-corrected chi connectivity index (χ2v) is 9.66. The van der Waals surface area contributed by atoms with Gasteiger partial charge in [-0.3, -0.25) is 9.10 Å². The fourth-order valence-electron chi connectivity index (χ4n) is 3.30. The number of anilines is 1. The monoisotopic (exact) mass is 432 g/mol. The number of nitrogens with zero attached hydrogens (tertiary/aromatic N) is 1. The molecule has 0 aliphatic heterocycles. The van der Waals surface area contributed by atoms with E-state index in [9.17, 15) is 13.2 Å². The summed E-state index contributed by atoms with van der Waals surface area (Å²) in [5, 5.41) is 2.89. The molecule has 0 saturated heterocycles. The molecule has 1 atom stereocenters. The van der Waals surface area contributed by atoms with Crippen LogP contribution in [0.4, 0.5) is 5.69 Å². The largest absolute Gasteiger partial charge is 0.491 e. The maximum absolute atomic E-state index is 13.0. The van der Waals surface area contributed by atoms with Gasteiger partial charge in [0.1, 0.15) is 11.8 Å². The van der Waals surface area contributed by atoms with E-state index in [1.165, 1.54) is 4.31 Å². The van der Waals surface area contributed by atoms with E-state index in [0.29, 0.717) is 12.1 Å². The number of nitrogens with one attached hydrogen (secondary N) is 1. The van der Waals surface area contributed by atoms with Crippen molar-refractivity contribution < 1.29 is 17.9 Å². The molecule has 0 aliphatic carbocycles. The molecule has 7 heteroatoms. The summed E-state index contributed by atoms with van der Waals surface area (Å²) in [6, 6.07) is 12.3. The van der Waals surface area contributed by atoms with Crippen LogP contribution in [0.2, 0.25) is 0 Å². The number of rotatable bonds is 9. The average Bonchev–Trinajstić information content (AvgIpc) is 2.65. The zero-order chi connectivity index (χ0) is 22.5. The number of benzene rings is 2. The minimum Gasteiger partial charge on any atom is -0.491 e. The number of amides is 1. The molecule has 0 unspecified atom stereocenters. The summed E-state index contributed by atoms with van der Waals surface area (Å²) in [4.78, 5) is 13.0. The summed E-state index contributed by atoms with van der Waals surface area (Å²) in [5.41, 5.74) is 3.15. The van der Waals surface area contributed by atoms with Crippen molar-refractivity contribution in [3.8, 4) is 5.75 Å². The summed E-state index contributed by atoms with van der Waals surface area (Å²) in [6.07, 6.45) is 1.54. The van der Waals surface area contributed by atoms with Crippen molar-refractivity contribution in [1.29, 1.82) is 0 Å². The standard InChI is InChI=1S/C23H32N2O4S/c1-7-21(25(30(6,27)28)22-13-17(4)11-12-18(22)5)23(26)24-15-19-9-8-10-20(14-19)29-16(2)3/h8-14,16,21H,7,15H2,1-6H3,(H,24,26)/t21-/m1/s1. The molecule has 1 N–H and O–H groups in total. The van der Waals surface area contributed by atoms with Gasteiger partial charge in [0.15, 0.2) is 0 Å². The summed E-state index contributed by atoms with van der Waals surface area (Å²) in [6.45, 7) is 9.74. The van der Waals surface area contributed by atoms with Gasteiger partial charge in [0.05, 0.1) is 18.0 Å². The van der Waals surface area contributed by atoms with E-state index in [1.807, 2.05) is 71.0 Å². The van der Waals surface area contributed by atoms with Crippen molar-refractivity contribution >= 4 is 21.6 Å². The van der Waals surface area contributed by atoms with E-state index in [4.69, 9.17) is 4.74 Å². The van der Waals surface area contributed by atoms with Crippen LogP contribution in [0, 0.1) is 13.8 Å². The van der Waals surface area contributed by atoms with E-state index in [0.717, 1.165) is 28.7 Å². The minimum absolute atomic E-state index is 0.0557. The van der Waals surface area contributed by atoms with Crippen LogP contribution >= 0.6 is 0 Å². The molecule has 6 nitrogen and oxygen atoms in total. The van der Waals surface area contributed by atoms with Crippen molar-refractivity contribution in [1.82, 2.24) is 5.32 Å². The molecule has 0 fully saturated rings. The lowest BCUT2D eigenvalue weighted by Crippen LogP contribution is -2.49. The number of hydrogen-bond acceptors (Lipinski definition) is 4. The van der Waals surface area contributed by atoms with Crippen molar-refractivity contribution in [2.24, 2.45) is 0 Å². The Labute approximate surface area is 180 Å². The number of sulfonamides is 1. The normalized spacial score (nSPS) is 12.5. The number of carbonyl (C=O) groups is 1. The van der Waals surface area contributed by atoms with Crippen LogP contribution in [0.5, 0.6) is 5.75 Å². The van der Waals surface area contributed by atoms with Crippen molar-refractivity contribution in [2.45, 2.75) is 59.7 Å². The molecule has 2 aromatic carbocycles. The first-order valence-corrected chi connectivity index (χ1v) is 12.0. The molecule has 0 aromatic heterocycles. The van der Waals surface area contributed by atoms with Gasteiger partial charge in [-0.25, -0.2) is 8.42 Å². The first kappa shape index (κ1) is 23.7. The summed E-state index contributed by atoms with van der Waals surface area (Å²) in [5.74, 6) is 0.399. The summed E-state index contributed by atoms with van der Waals surface area (Å²) >= 11 is 0. The molecule has 30 heavy (non-hydrogen) atoms. The van der Waals surface area contributed by atoms with Gasteiger partial charge in [-0.2, -0.15) is 0 Å². The van der Waals surface area contributed by atoms with Crippen LogP contribution in [0.25, 0.3) is 0 Å². The first-order valence-electron chi connectivity index (χ1n) is 10.1. The molecule has 164 valence electrons. The number of aryl methyl sites for hydroxylation is 2. The highest BCUT2D eigenvalue weighted by molar-refractivity contribution is 7.92. The zero-order valence-electron chi connectivity index (χ0n) is 18.6. The fourth-order valence-corrected chi connectivity index (χ4v) is 4.56. The number of ether oxygens (including phenoxy) is 1. The van der Waals surface area contributed by atoms with E-state index in [1.54, 1.807) is 6.07 Å². The van der Waals surface area contributed by atoms with Crippen LogP contribution < -0.4 is 14.4 Å². The Morgan fingerprint density at radius 3 is 2.43 bits per heavy atom. The highest BCUT2D eigenvalue weighted by Gasteiger charge is 2.32. The van der Waals surface area contributed by atoms with Crippen LogP contribution in [0.1, 0.15) is 43.9 Å². The second kappa shape index (κ2) is 9.98. The predicted octanol–water partition coefficient (Wildman–Crippen LogP) is 3.95. The lowest BCUT2D eigenvalue weighted by atomic mass is 10.1. The molecular weight excluding hydrogens is 400 g/mol. The van der Waals surface area contributed by atoms with Crippen molar-refractivity contribution in [3.05, 3.63) is 59.2 Å². The zero-order valence-corrected chi connectivity index (χ0v) is 19.4. The van der Waals surface area contributed by atoms with Gasteiger partial charge in [-0.1, -0.05) is 31.2 Å². The van der Waals surface area contributed by atoms with E-state index >= 15 is 0 Å². The minimum atomic E-state index is -3.66. The van der Waals surface area contributed by atoms with Gasteiger partial charge >= 0.3 is 0 Å².